The molecule has 0 aliphatic rings. The number of furan rings is 1. The number of rotatable bonds is 12. The summed E-state index contributed by atoms with van der Waals surface area (Å²) in [5, 5.41) is 2.98. The first-order valence-electron chi connectivity index (χ1n) is 16.4. The number of amides is 1. The molecule has 0 saturated carbocycles. The molecule has 3 aromatic carbocycles. The van der Waals surface area contributed by atoms with Gasteiger partial charge in [0.1, 0.15) is 29.7 Å². The molecule has 6 rings (SSSR count). The SMILES string of the molecule is CCC(=O)c1c(-c2ccc(F)cc2)oc2cc(N(CC(=O)N[C@H](C(=O)OC)C(C)C)S(C)(=O)=O)c(-c3cccc(-c4nc5ncccc5o4)c3)cc12. The Labute approximate surface area is 298 Å². The summed E-state index contributed by atoms with van der Waals surface area (Å²) in [5.74, 6) is -2.09. The number of fused-ring (bicyclic) bond motifs is 2. The third-order valence-corrected chi connectivity index (χ3v) is 9.62. The van der Waals surface area contributed by atoms with Crippen LogP contribution in [0.25, 0.3) is 56.1 Å². The van der Waals surface area contributed by atoms with Gasteiger partial charge in [0, 0.05) is 40.8 Å². The lowest BCUT2D eigenvalue weighted by molar-refractivity contribution is -0.146. The van der Waals surface area contributed by atoms with E-state index in [4.69, 9.17) is 13.6 Å². The van der Waals surface area contributed by atoms with Crippen molar-refractivity contribution in [2.24, 2.45) is 5.92 Å². The monoisotopic (exact) mass is 726 g/mol. The van der Waals surface area contributed by atoms with Gasteiger partial charge in [-0.05, 0) is 66.1 Å². The Morgan fingerprint density at radius 2 is 1.67 bits per heavy atom. The number of benzene rings is 3. The molecule has 0 radical (unpaired) electrons. The number of nitrogens with zero attached hydrogens (tertiary/aromatic N) is 3. The van der Waals surface area contributed by atoms with E-state index in [1.165, 1.54) is 37.4 Å². The topological polar surface area (TPSA) is 162 Å². The Kier molecular flexibility index (Phi) is 9.94. The first-order chi connectivity index (χ1) is 24.8. The fourth-order valence-electron chi connectivity index (χ4n) is 5.90. The van der Waals surface area contributed by atoms with Gasteiger partial charge in [-0.2, -0.15) is 4.98 Å². The maximum Gasteiger partial charge on any atom is 0.328 e. The average molecular weight is 727 g/mol. The van der Waals surface area contributed by atoms with E-state index in [0.29, 0.717) is 38.9 Å². The van der Waals surface area contributed by atoms with Gasteiger partial charge in [0.05, 0.1) is 24.6 Å². The fourth-order valence-corrected chi connectivity index (χ4v) is 6.76. The quantitative estimate of drug-likeness (QED) is 0.105. The predicted molar refractivity (Wildman–Crippen MR) is 193 cm³/mol. The van der Waals surface area contributed by atoms with Crippen LogP contribution in [0.5, 0.6) is 0 Å². The van der Waals surface area contributed by atoms with Crippen LogP contribution in [0.2, 0.25) is 0 Å². The highest BCUT2D eigenvalue weighted by molar-refractivity contribution is 7.92. The number of nitrogens with one attached hydrogen (secondary N) is 1. The van der Waals surface area contributed by atoms with Crippen LogP contribution >= 0.6 is 0 Å². The summed E-state index contributed by atoms with van der Waals surface area (Å²) in [6.45, 7) is 4.42. The molecule has 3 heterocycles. The number of sulfonamides is 1. The van der Waals surface area contributed by atoms with Crippen molar-refractivity contribution in [3.8, 4) is 33.9 Å². The zero-order chi connectivity index (χ0) is 37.3. The number of hydrogen-bond acceptors (Lipinski definition) is 10. The molecule has 0 spiro atoms. The van der Waals surface area contributed by atoms with Gasteiger partial charge in [-0.15, -0.1) is 0 Å². The van der Waals surface area contributed by atoms with Crippen molar-refractivity contribution in [3.05, 3.63) is 90.4 Å². The van der Waals surface area contributed by atoms with Crippen molar-refractivity contribution >= 4 is 55.6 Å². The maximum atomic E-state index is 13.9. The molecule has 12 nitrogen and oxygen atoms in total. The molecular formula is C38H35FN4O8S. The van der Waals surface area contributed by atoms with Crippen LogP contribution < -0.4 is 9.62 Å². The minimum atomic E-state index is -4.19. The van der Waals surface area contributed by atoms with Gasteiger partial charge >= 0.3 is 5.97 Å². The summed E-state index contributed by atoms with van der Waals surface area (Å²) in [7, 11) is -2.99. The molecule has 0 aliphatic carbocycles. The fraction of sp³-hybridized carbons (Fsp3) is 0.237. The molecule has 14 heteroatoms. The summed E-state index contributed by atoms with van der Waals surface area (Å²) in [4.78, 5) is 48.2. The number of carbonyl (C=O) groups excluding carboxylic acids is 3. The van der Waals surface area contributed by atoms with Crippen LogP contribution in [0.4, 0.5) is 10.1 Å². The number of ether oxygens (including phenoxy) is 1. The van der Waals surface area contributed by atoms with E-state index in [1.807, 2.05) is 0 Å². The van der Waals surface area contributed by atoms with Crippen LogP contribution in [0.3, 0.4) is 0 Å². The van der Waals surface area contributed by atoms with Crippen molar-refractivity contribution < 1.29 is 40.8 Å². The van der Waals surface area contributed by atoms with Crippen molar-refractivity contribution in [3.63, 3.8) is 0 Å². The van der Waals surface area contributed by atoms with E-state index in [1.54, 1.807) is 69.4 Å². The van der Waals surface area contributed by atoms with Gasteiger partial charge in [0.15, 0.2) is 17.0 Å². The van der Waals surface area contributed by atoms with Gasteiger partial charge in [0.2, 0.25) is 21.8 Å². The molecule has 1 atom stereocenters. The van der Waals surface area contributed by atoms with Gasteiger partial charge in [0.25, 0.3) is 0 Å². The number of carbonyl (C=O) groups is 3. The van der Waals surface area contributed by atoms with E-state index in [2.05, 4.69) is 15.3 Å². The number of esters is 1. The summed E-state index contributed by atoms with van der Waals surface area (Å²) >= 11 is 0. The van der Waals surface area contributed by atoms with Crippen molar-refractivity contribution in [2.75, 3.05) is 24.2 Å². The number of Topliss-reactive ketones (excluding diaryl/α,β-unsaturated/α-hetero) is 1. The normalized spacial score (nSPS) is 12.3. The minimum Gasteiger partial charge on any atom is -0.467 e. The van der Waals surface area contributed by atoms with E-state index in [0.717, 1.165) is 10.6 Å². The number of ketones is 1. The summed E-state index contributed by atoms with van der Waals surface area (Å²) in [5.41, 5.74) is 3.12. The molecule has 3 aromatic heterocycles. The highest BCUT2D eigenvalue weighted by Gasteiger charge is 2.31. The van der Waals surface area contributed by atoms with Crippen LogP contribution in [-0.4, -0.2) is 62.0 Å². The van der Waals surface area contributed by atoms with Crippen LogP contribution in [0.1, 0.15) is 37.6 Å². The zero-order valence-electron chi connectivity index (χ0n) is 29.0. The average Bonchev–Trinajstić information content (AvgIpc) is 3.73. The third kappa shape index (κ3) is 7.15. The van der Waals surface area contributed by atoms with E-state index >= 15 is 0 Å². The molecule has 0 aliphatic heterocycles. The molecule has 6 aromatic rings. The van der Waals surface area contributed by atoms with Crippen molar-refractivity contribution in [1.29, 1.82) is 0 Å². The lowest BCUT2D eigenvalue weighted by atomic mass is 9.95. The smallest absolute Gasteiger partial charge is 0.328 e. The van der Waals surface area contributed by atoms with E-state index in [9.17, 15) is 27.2 Å². The number of aromatic nitrogens is 2. The van der Waals surface area contributed by atoms with Crippen molar-refractivity contribution in [1.82, 2.24) is 15.3 Å². The summed E-state index contributed by atoms with van der Waals surface area (Å²) < 4.78 is 59.0. The minimum absolute atomic E-state index is 0.0515. The molecule has 268 valence electrons. The second-order valence-electron chi connectivity index (χ2n) is 12.5. The Morgan fingerprint density at radius 1 is 0.942 bits per heavy atom. The zero-order valence-corrected chi connectivity index (χ0v) is 29.8. The molecule has 0 saturated heterocycles. The van der Waals surface area contributed by atoms with E-state index < -0.39 is 40.3 Å². The van der Waals surface area contributed by atoms with Gasteiger partial charge in [-0.25, -0.2) is 22.6 Å². The third-order valence-electron chi connectivity index (χ3n) is 8.49. The predicted octanol–water partition coefficient (Wildman–Crippen LogP) is 6.78. The standard InChI is InChI=1S/C38H35FN4O8S/c1-6-29(44)33-27-18-26(23-9-7-10-24(17-23)37-42-36-30(51-37)11-8-16-40-36)28(19-31(27)50-35(33)22-12-14-25(39)15-13-22)43(52(5,47)48)20-32(45)41-34(21(2)3)38(46)49-4/h7-19,21,34H,6,20H2,1-5H3,(H,41,45)/t34-/m0/s1. The molecule has 0 fully saturated rings. The van der Waals surface area contributed by atoms with Gasteiger partial charge < -0.3 is 18.9 Å². The Balaban J connectivity index is 1.58. The largest absolute Gasteiger partial charge is 0.467 e. The second-order valence-corrected chi connectivity index (χ2v) is 14.4. The van der Waals surface area contributed by atoms with Gasteiger partial charge in [-0.3, -0.25) is 13.9 Å². The lowest BCUT2D eigenvalue weighted by Crippen LogP contribution is -2.49. The number of oxazole rings is 1. The molecule has 1 amide bonds. The molecule has 0 unspecified atom stereocenters. The van der Waals surface area contributed by atoms with E-state index in [-0.39, 0.29) is 46.6 Å². The molecule has 52 heavy (non-hydrogen) atoms. The second kappa shape index (κ2) is 14.4. The van der Waals surface area contributed by atoms with Gasteiger partial charge in [-0.1, -0.05) is 32.9 Å². The Hall–Kier alpha value is -5.89. The summed E-state index contributed by atoms with van der Waals surface area (Å²) in [6, 6.07) is 18.0. The number of methoxy groups -OCH3 is 1. The number of halogens is 1. The maximum absolute atomic E-state index is 13.9. The first-order valence-corrected chi connectivity index (χ1v) is 18.2. The van der Waals surface area contributed by atoms with Crippen LogP contribution in [0, 0.1) is 11.7 Å². The molecule has 1 N–H and O–H groups in total. The highest BCUT2D eigenvalue weighted by atomic mass is 32.2. The Morgan fingerprint density at radius 3 is 2.33 bits per heavy atom. The lowest BCUT2D eigenvalue weighted by Gasteiger charge is -2.26. The number of hydrogen-bond donors (Lipinski definition) is 1. The van der Waals surface area contributed by atoms with Crippen LogP contribution in [0.15, 0.2) is 87.8 Å². The highest BCUT2D eigenvalue weighted by Crippen LogP contribution is 2.43. The Bertz CT molecular complexity index is 2400. The molecule has 0 bridgehead atoms. The van der Waals surface area contributed by atoms with Crippen LogP contribution in [-0.2, 0) is 24.3 Å². The number of pyridine rings is 1. The number of anilines is 1. The van der Waals surface area contributed by atoms with Crippen molar-refractivity contribution in [2.45, 2.75) is 33.2 Å². The molecular weight excluding hydrogens is 692 g/mol. The first kappa shape index (κ1) is 35.9. The summed E-state index contributed by atoms with van der Waals surface area (Å²) in [6.07, 6.45) is 2.67.